The lowest BCUT2D eigenvalue weighted by Crippen LogP contribution is -2.34. The SMILES string of the molecule is CCCC(C)(c1ccccc1)c1cc(O)c2c(c1)OC(C)(C)C1=C2CCC1. The molecule has 142 valence electrons. The Morgan fingerprint density at radius 3 is 2.52 bits per heavy atom. The van der Waals surface area contributed by atoms with Crippen LogP contribution in [-0.4, -0.2) is 10.7 Å². The van der Waals surface area contributed by atoms with Crippen LogP contribution < -0.4 is 4.74 Å². The van der Waals surface area contributed by atoms with Gasteiger partial charge in [0.25, 0.3) is 0 Å². The monoisotopic (exact) mass is 362 g/mol. The average Bonchev–Trinajstić information content (AvgIpc) is 3.12. The van der Waals surface area contributed by atoms with Crippen LogP contribution in [0, 0.1) is 0 Å². The van der Waals surface area contributed by atoms with E-state index in [0.717, 1.165) is 49.0 Å². The van der Waals surface area contributed by atoms with Gasteiger partial charge in [-0.15, -0.1) is 0 Å². The van der Waals surface area contributed by atoms with Gasteiger partial charge in [-0.1, -0.05) is 50.6 Å². The molecule has 1 aliphatic carbocycles. The third kappa shape index (κ3) is 2.86. The number of phenolic OH excluding ortho intramolecular Hbond substituents is 1. The molecule has 0 amide bonds. The van der Waals surface area contributed by atoms with Crippen molar-refractivity contribution < 1.29 is 9.84 Å². The number of hydrogen-bond acceptors (Lipinski definition) is 2. The van der Waals surface area contributed by atoms with Crippen molar-refractivity contribution in [2.75, 3.05) is 0 Å². The molecule has 1 aliphatic heterocycles. The van der Waals surface area contributed by atoms with Crippen LogP contribution in [0.1, 0.15) is 76.5 Å². The van der Waals surface area contributed by atoms with E-state index < -0.39 is 0 Å². The molecule has 1 heterocycles. The fourth-order valence-electron chi connectivity index (χ4n) is 5.08. The van der Waals surface area contributed by atoms with Crippen LogP contribution in [0.4, 0.5) is 0 Å². The van der Waals surface area contributed by atoms with Crippen molar-refractivity contribution in [3.63, 3.8) is 0 Å². The van der Waals surface area contributed by atoms with Gasteiger partial charge in [0, 0.05) is 5.41 Å². The molecule has 4 rings (SSSR count). The van der Waals surface area contributed by atoms with Gasteiger partial charge in [-0.25, -0.2) is 0 Å². The molecule has 2 aliphatic rings. The Labute approximate surface area is 162 Å². The summed E-state index contributed by atoms with van der Waals surface area (Å²) < 4.78 is 6.45. The first kappa shape index (κ1) is 18.2. The summed E-state index contributed by atoms with van der Waals surface area (Å²) in [5, 5.41) is 11.0. The Morgan fingerprint density at radius 1 is 1.07 bits per heavy atom. The molecule has 2 aromatic carbocycles. The van der Waals surface area contributed by atoms with Crippen molar-refractivity contribution >= 4 is 5.57 Å². The van der Waals surface area contributed by atoms with E-state index in [-0.39, 0.29) is 11.0 Å². The highest BCUT2D eigenvalue weighted by Gasteiger charge is 2.39. The van der Waals surface area contributed by atoms with Crippen molar-refractivity contribution in [3.8, 4) is 11.5 Å². The second kappa shape index (κ2) is 6.44. The third-order valence-electron chi connectivity index (χ3n) is 6.49. The van der Waals surface area contributed by atoms with Gasteiger partial charge < -0.3 is 9.84 Å². The lowest BCUT2D eigenvalue weighted by molar-refractivity contribution is 0.141. The fourth-order valence-corrected chi connectivity index (χ4v) is 5.08. The molecule has 0 spiro atoms. The molecule has 0 saturated carbocycles. The maximum Gasteiger partial charge on any atom is 0.132 e. The first-order valence-electron chi connectivity index (χ1n) is 10.2. The zero-order valence-electron chi connectivity index (χ0n) is 16.9. The number of phenols is 1. The summed E-state index contributed by atoms with van der Waals surface area (Å²) in [5.41, 5.74) is 5.56. The molecule has 0 fully saturated rings. The normalized spacial score (nSPS) is 19.9. The van der Waals surface area contributed by atoms with E-state index in [1.54, 1.807) is 0 Å². The first-order valence-corrected chi connectivity index (χ1v) is 10.2. The van der Waals surface area contributed by atoms with E-state index >= 15 is 0 Å². The lowest BCUT2D eigenvalue weighted by atomic mass is 9.72. The summed E-state index contributed by atoms with van der Waals surface area (Å²) in [5.74, 6) is 1.21. The molecule has 1 atom stereocenters. The minimum absolute atomic E-state index is 0.152. The largest absolute Gasteiger partial charge is 0.507 e. The number of rotatable bonds is 4. The maximum absolute atomic E-state index is 11.0. The number of allylic oxidation sites excluding steroid dienone is 1. The van der Waals surface area contributed by atoms with Gasteiger partial charge in [0.1, 0.15) is 17.1 Å². The molecule has 1 N–H and O–H groups in total. The molecule has 0 aromatic heterocycles. The molecular weight excluding hydrogens is 332 g/mol. The Bertz CT molecular complexity index is 892. The van der Waals surface area contributed by atoms with Crippen LogP contribution in [0.5, 0.6) is 11.5 Å². The topological polar surface area (TPSA) is 29.5 Å². The summed E-state index contributed by atoms with van der Waals surface area (Å²) in [6, 6.07) is 14.8. The predicted octanol–water partition coefficient (Wildman–Crippen LogP) is 6.61. The third-order valence-corrected chi connectivity index (χ3v) is 6.49. The molecule has 0 saturated heterocycles. The molecule has 2 aromatic rings. The van der Waals surface area contributed by atoms with Crippen molar-refractivity contribution in [3.05, 3.63) is 64.7 Å². The van der Waals surface area contributed by atoms with Crippen molar-refractivity contribution in [2.24, 2.45) is 0 Å². The predicted molar refractivity (Wildman–Crippen MR) is 111 cm³/mol. The standard InChI is InChI=1S/C25H30O2/c1-5-14-25(4,17-10-7-6-8-11-17)18-15-21(26)23-19-12-9-13-20(19)24(2,3)27-22(23)16-18/h6-8,10-11,15-16,26H,5,9,12-14H2,1-4H3. The molecule has 2 heteroatoms. The van der Waals surface area contributed by atoms with Gasteiger partial charge >= 0.3 is 0 Å². The Kier molecular flexibility index (Phi) is 4.33. The van der Waals surface area contributed by atoms with Crippen LogP contribution in [0.3, 0.4) is 0 Å². The molecule has 27 heavy (non-hydrogen) atoms. The summed E-state index contributed by atoms with van der Waals surface area (Å²) in [6.07, 6.45) is 5.35. The zero-order chi connectivity index (χ0) is 19.2. The summed E-state index contributed by atoms with van der Waals surface area (Å²) in [6.45, 7) is 8.81. The van der Waals surface area contributed by atoms with Crippen LogP contribution >= 0.6 is 0 Å². The minimum atomic E-state index is -0.294. The van der Waals surface area contributed by atoms with Gasteiger partial charge in [0.05, 0.1) is 5.56 Å². The van der Waals surface area contributed by atoms with E-state index in [4.69, 9.17) is 4.74 Å². The van der Waals surface area contributed by atoms with E-state index in [0.29, 0.717) is 5.75 Å². The van der Waals surface area contributed by atoms with Gasteiger partial charge in [-0.3, -0.25) is 0 Å². The molecule has 1 unspecified atom stereocenters. The fraction of sp³-hybridized carbons (Fsp3) is 0.440. The maximum atomic E-state index is 11.0. The second-order valence-electron chi connectivity index (χ2n) is 8.74. The van der Waals surface area contributed by atoms with E-state index in [1.807, 2.05) is 6.07 Å². The highest BCUT2D eigenvalue weighted by molar-refractivity contribution is 5.82. The van der Waals surface area contributed by atoms with E-state index in [2.05, 4.69) is 64.1 Å². The number of hydrogen-bond donors (Lipinski definition) is 1. The van der Waals surface area contributed by atoms with Crippen LogP contribution in [-0.2, 0) is 5.41 Å². The summed E-state index contributed by atoms with van der Waals surface area (Å²) in [4.78, 5) is 0. The lowest BCUT2D eigenvalue weighted by Gasteiger charge is -2.37. The van der Waals surface area contributed by atoms with E-state index in [1.165, 1.54) is 16.7 Å². The number of ether oxygens (including phenoxy) is 1. The highest BCUT2D eigenvalue weighted by atomic mass is 16.5. The van der Waals surface area contributed by atoms with Crippen LogP contribution in [0.25, 0.3) is 5.57 Å². The van der Waals surface area contributed by atoms with Crippen molar-refractivity contribution in [1.29, 1.82) is 0 Å². The Hall–Kier alpha value is -2.22. The van der Waals surface area contributed by atoms with Gasteiger partial charge in [-0.2, -0.15) is 0 Å². The molecule has 2 nitrogen and oxygen atoms in total. The average molecular weight is 363 g/mol. The second-order valence-corrected chi connectivity index (χ2v) is 8.74. The summed E-state index contributed by atoms with van der Waals surface area (Å²) >= 11 is 0. The van der Waals surface area contributed by atoms with E-state index in [9.17, 15) is 5.11 Å². The Balaban J connectivity index is 1.89. The molecule has 0 radical (unpaired) electrons. The molecule has 0 bridgehead atoms. The highest BCUT2D eigenvalue weighted by Crippen LogP contribution is 2.53. The Morgan fingerprint density at radius 2 is 1.81 bits per heavy atom. The van der Waals surface area contributed by atoms with Gasteiger partial charge in [0.15, 0.2) is 0 Å². The molecular formula is C25H30O2. The van der Waals surface area contributed by atoms with Crippen LogP contribution in [0.2, 0.25) is 0 Å². The van der Waals surface area contributed by atoms with Crippen molar-refractivity contribution in [2.45, 2.75) is 70.8 Å². The first-order chi connectivity index (χ1) is 12.9. The number of benzene rings is 2. The zero-order valence-corrected chi connectivity index (χ0v) is 16.9. The number of aromatic hydroxyl groups is 1. The smallest absolute Gasteiger partial charge is 0.132 e. The quantitative estimate of drug-likeness (QED) is 0.663. The van der Waals surface area contributed by atoms with Crippen molar-refractivity contribution in [1.82, 2.24) is 0 Å². The minimum Gasteiger partial charge on any atom is -0.507 e. The van der Waals surface area contributed by atoms with Gasteiger partial charge in [-0.05, 0) is 73.9 Å². The van der Waals surface area contributed by atoms with Crippen LogP contribution in [0.15, 0.2) is 48.0 Å². The van der Waals surface area contributed by atoms with Gasteiger partial charge in [0.2, 0.25) is 0 Å². The number of fused-ring (bicyclic) bond motifs is 2. The summed E-state index contributed by atoms with van der Waals surface area (Å²) in [7, 11) is 0.